The molecule has 1 aliphatic heterocycles. The van der Waals surface area contributed by atoms with E-state index < -0.39 is 30.1 Å². The van der Waals surface area contributed by atoms with E-state index >= 15 is 0 Å². The highest BCUT2D eigenvalue weighted by molar-refractivity contribution is 5.13. The van der Waals surface area contributed by atoms with Gasteiger partial charge in [0.15, 0.2) is 5.79 Å². The second kappa shape index (κ2) is 3.50. The predicted octanol–water partition coefficient (Wildman–Crippen LogP) is 1.12. The summed E-state index contributed by atoms with van der Waals surface area (Å²) in [6.07, 6.45) is 1.65. The minimum atomic E-state index is -0.744. The van der Waals surface area contributed by atoms with Crippen LogP contribution in [-0.4, -0.2) is 35.2 Å². The maximum atomic E-state index is 9.67. The number of azide groups is 1. The van der Waals surface area contributed by atoms with E-state index in [0.29, 0.717) is 0 Å². The molecule has 0 saturated carbocycles. The molecule has 1 heterocycles. The van der Waals surface area contributed by atoms with Crippen molar-refractivity contribution in [2.75, 3.05) is 0 Å². The third-order valence-electron chi connectivity index (χ3n) is 2.53. The minimum absolute atomic E-state index is 0.407. The highest BCUT2D eigenvalue weighted by Gasteiger charge is 2.48. The van der Waals surface area contributed by atoms with Crippen LogP contribution in [0.15, 0.2) is 17.3 Å². The molecule has 1 saturated heterocycles. The Labute approximate surface area is 87.1 Å². The van der Waals surface area contributed by atoms with Gasteiger partial charge in [0.25, 0.3) is 0 Å². The molecule has 6 nitrogen and oxygen atoms in total. The van der Waals surface area contributed by atoms with E-state index in [2.05, 4.69) is 10.0 Å². The number of aliphatic hydroxyl groups excluding tert-OH is 1. The third kappa shape index (κ3) is 1.85. The summed E-state index contributed by atoms with van der Waals surface area (Å²) in [4.78, 5) is 2.75. The van der Waals surface area contributed by atoms with Crippen molar-refractivity contribution in [3.05, 3.63) is 22.6 Å². The third-order valence-corrected chi connectivity index (χ3v) is 2.53. The predicted molar refractivity (Wildman–Crippen MR) is 51.9 cm³/mol. The molecule has 0 aromatic heterocycles. The molecule has 2 aliphatic rings. The molecule has 0 radical (unpaired) electrons. The number of nitrogens with zero attached hydrogens (tertiary/aromatic N) is 3. The number of ether oxygens (including phenoxy) is 2. The van der Waals surface area contributed by atoms with E-state index in [1.807, 2.05) is 0 Å². The molecular formula is C9H13N3O3. The summed E-state index contributed by atoms with van der Waals surface area (Å²) in [5, 5.41) is 13.3. The van der Waals surface area contributed by atoms with Gasteiger partial charge in [-0.3, -0.25) is 0 Å². The fourth-order valence-electron chi connectivity index (χ4n) is 1.96. The van der Waals surface area contributed by atoms with Crippen molar-refractivity contribution in [1.82, 2.24) is 0 Å². The molecule has 2 rings (SSSR count). The fraction of sp³-hybridized carbons (Fsp3) is 0.778. The molecule has 15 heavy (non-hydrogen) atoms. The lowest BCUT2D eigenvalue weighted by molar-refractivity contribution is -0.152. The summed E-state index contributed by atoms with van der Waals surface area (Å²) < 4.78 is 11.1. The average Bonchev–Trinajstić information content (AvgIpc) is 2.47. The lowest BCUT2D eigenvalue weighted by atomic mass is 9.95. The van der Waals surface area contributed by atoms with Crippen LogP contribution in [0.1, 0.15) is 13.8 Å². The zero-order valence-corrected chi connectivity index (χ0v) is 8.57. The summed E-state index contributed by atoms with van der Waals surface area (Å²) in [5.41, 5.74) is 8.40. The van der Waals surface area contributed by atoms with Gasteiger partial charge in [0, 0.05) is 4.91 Å². The number of hydrogen-bond acceptors (Lipinski definition) is 4. The van der Waals surface area contributed by atoms with Gasteiger partial charge in [0.2, 0.25) is 0 Å². The summed E-state index contributed by atoms with van der Waals surface area (Å²) in [5.74, 6) is -0.744. The van der Waals surface area contributed by atoms with Gasteiger partial charge >= 0.3 is 0 Å². The average molecular weight is 211 g/mol. The van der Waals surface area contributed by atoms with Crippen molar-refractivity contribution >= 4 is 0 Å². The molecule has 1 N–H and O–H groups in total. The Bertz CT molecular complexity index is 335. The number of fused-ring (bicyclic) bond motifs is 1. The Morgan fingerprint density at radius 2 is 2.00 bits per heavy atom. The van der Waals surface area contributed by atoms with E-state index in [0.717, 1.165) is 0 Å². The van der Waals surface area contributed by atoms with E-state index in [-0.39, 0.29) is 0 Å². The lowest BCUT2D eigenvalue weighted by Gasteiger charge is -2.27. The summed E-state index contributed by atoms with van der Waals surface area (Å²) in [6.45, 7) is 3.54. The van der Waals surface area contributed by atoms with Crippen LogP contribution < -0.4 is 0 Å². The van der Waals surface area contributed by atoms with Gasteiger partial charge in [-0.05, 0) is 19.4 Å². The number of hydrogen-bond donors (Lipinski definition) is 1. The number of aliphatic hydroxyl groups is 1. The maximum absolute atomic E-state index is 9.67. The van der Waals surface area contributed by atoms with Crippen molar-refractivity contribution in [2.45, 2.75) is 44.0 Å². The second-order valence-corrected chi connectivity index (χ2v) is 4.14. The molecule has 0 bridgehead atoms. The van der Waals surface area contributed by atoms with Crippen LogP contribution >= 0.6 is 0 Å². The fourth-order valence-corrected chi connectivity index (χ4v) is 1.96. The molecule has 6 heteroatoms. The van der Waals surface area contributed by atoms with Crippen LogP contribution in [0.2, 0.25) is 0 Å². The Hall–Kier alpha value is -1.07. The topological polar surface area (TPSA) is 87.5 Å². The van der Waals surface area contributed by atoms with Gasteiger partial charge in [-0.15, -0.1) is 0 Å². The monoisotopic (exact) mass is 211 g/mol. The minimum Gasteiger partial charge on any atom is -0.386 e. The standard InChI is InChI=1S/C9H13N3O3/c1-9(2)14-7-5(11-12-10)3-4-6(13)8(7)15-9/h3-8,13H,1-2H3/t5-,6+,7-,8+/m0/s1. The quantitative estimate of drug-likeness (QED) is 0.305. The van der Waals surface area contributed by atoms with Crippen molar-refractivity contribution in [1.29, 1.82) is 0 Å². The van der Waals surface area contributed by atoms with Crippen LogP contribution in [0.5, 0.6) is 0 Å². The van der Waals surface area contributed by atoms with Crippen molar-refractivity contribution in [3.8, 4) is 0 Å². The molecule has 0 aromatic carbocycles. The first-order valence-electron chi connectivity index (χ1n) is 4.80. The Morgan fingerprint density at radius 3 is 2.67 bits per heavy atom. The largest absolute Gasteiger partial charge is 0.386 e. The van der Waals surface area contributed by atoms with Crippen molar-refractivity contribution < 1.29 is 14.6 Å². The summed E-state index contributed by atoms with van der Waals surface area (Å²) in [6, 6.07) is -0.412. The SMILES string of the molecule is CC1(C)O[C@@H]2[C@H](O1)[C@H](O)C=C[C@@H]2N=[N+]=[N-]. The van der Waals surface area contributed by atoms with Crippen LogP contribution in [0, 0.1) is 0 Å². The zero-order valence-electron chi connectivity index (χ0n) is 8.57. The lowest BCUT2D eigenvalue weighted by Crippen LogP contribution is -2.43. The van der Waals surface area contributed by atoms with Crippen molar-refractivity contribution in [2.24, 2.45) is 5.11 Å². The van der Waals surface area contributed by atoms with E-state index in [4.69, 9.17) is 15.0 Å². The van der Waals surface area contributed by atoms with Crippen LogP contribution in [-0.2, 0) is 9.47 Å². The van der Waals surface area contributed by atoms with Gasteiger partial charge in [-0.25, -0.2) is 0 Å². The van der Waals surface area contributed by atoms with E-state index in [1.165, 1.54) is 0 Å². The van der Waals surface area contributed by atoms with Crippen LogP contribution in [0.25, 0.3) is 10.4 Å². The maximum Gasteiger partial charge on any atom is 0.163 e. The first-order valence-corrected chi connectivity index (χ1v) is 4.80. The Kier molecular flexibility index (Phi) is 2.44. The summed E-state index contributed by atoms with van der Waals surface area (Å²) in [7, 11) is 0. The second-order valence-electron chi connectivity index (χ2n) is 4.14. The molecule has 0 spiro atoms. The summed E-state index contributed by atoms with van der Waals surface area (Å²) >= 11 is 0. The number of rotatable bonds is 1. The highest BCUT2D eigenvalue weighted by Crippen LogP contribution is 2.35. The first-order chi connectivity index (χ1) is 7.03. The molecule has 0 amide bonds. The van der Waals surface area contributed by atoms with Crippen LogP contribution in [0.4, 0.5) is 0 Å². The molecular weight excluding hydrogens is 198 g/mol. The smallest absolute Gasteiger partial charge is 0.163 e. The first kappa shape index (κ1) is 10.4. The molecule has 0 unspecified atom stereocenters. The van der Waals surface area contributed by atoms with E-state index in [1.54, 1.807) is 26.0 Å². The van der Waals surface area contributed by atoms with Gasteiger partial charge in [-0.2, -0.15) is 0 Å². The van der Waals surface area contributed by atoms with Gasteiger partial charge in [0.05, 0.1) is 6.04 Å². The van der Waals surface area contributed by atoms with E-state index in [9.17, 15) is 5.11 Å². The van der Waals surface area contributed by atoms with Gasteiger partial charge in [0.1, 0.15) is 18.3 Å². The molecule has 4 atom stereocenters. The van der Waals surface area contributed by atoms with Gasteiger partial charge < -0.3 is 14.6 Å². The molecule has 1 fully saturated rings. The molecule has 82 valence electrons. The molecule has 0 aromatic rings. The van der Waals surface area contributed by atoms with Crippen molar-refractivity contribution in [3.63, 3.8) is 0 Å². The zero-order chi connectivity index (χ0) is 11.1. The van der Waals surface area contributed by atoms with Crippen LogP contribution in [0.3, 0.4) is 0 Å². The highest BCUT2D eigenvalue weighted by atomic mass is 16.8. The Balaban J connectivity index is 2.26. The molecule has 1 aliphatic carbocycles. The van der Waals surface area contributed by atoms with Gasteiger partial charge in [-0.1, -0.05) is 17.3 Å². The normalized spacial score (nSPS) is 42.1. The Morgan fingerprint density at radius 1 is 1.33 bits per heavy atom.